The first-order chi connectivity index (χ1) is 11.4. The zero-order valence-corrected chi connectivity index (χ0v) is 16.5. The smallest absolute Gasteiger partial charge is 0.191 e. The Labute approximate surface area is 148 Å². The molecule has 142 valence electrons. The summed E-state index contributed by atoms with van der Waals surface area (Å²) in [5, 5.41) is 6.92. The molecule has 1 unspecified atom stereocenters. The van der Waals surface area contributed by atoms with E-state index >= 15 is 0 Å². The van der Waals surface area contributed by atoms with E-state index in [-0.39, 0.29) is 5.54 Å². The van der Waals surface area contributed by atoms with Crippen LogP contribution in [0.4, 0.5) is 0 Å². The minimum Gasteiger partial charge on any atom is -0.381 e. The fourth-order valence-corrected chi connectivity index (χ4v) is 3.16. The van der Waals surface area contributed by atoms with Gasteiger partial charge in [-0.25, -0.2) is 0 Å². The molecule has 6 heteroatoms. The Morgan fingerprint density at radius 2 is 1.92 bits per heavy atom. The highest BCUT2D eigenvalue weighted by Gasteiger charge is 2.34. The van der Waals surface area contributed by atoms with Crippen LogP contribution in [0.15, 0.2) is 4.99 Å². The predicted octanol–water partition coefficient (Wildman–Crippen LogP) is 1.71. The molecule has 1 aliphatic heterocycles. The third-order valence-corrected chi connectivity index (χ3v) is 5.03. The standard InChI is InChI=1S/C18H38N4O2/c1-7-24-16(15(2)3)8-11-20-17(19-4)21-14-18(22(5)6)9-12-23-13-10-18/h15-16H,7-14H2,1-6H3,(H2,19,20,21). The Hall–Kier alpha value is -0.850. The minimum absolute atomic E-state index is 0.141. The van der Waals surface area contributed by atoms with Gasteiger partial charge in [0.15, 0.2) is 5.96 Å². The van der Waals surface area contributed by atoms with Crippen molar-refractivity contribution < 1.29 is 9.47 Å². The van der Waals surface area contributed by atoms with E-state index in [9.17, 15) is 0 Å². The molecule has 0 aromatic heterocycles. The molecule has 1 saturated heterocycles. The molecule has 1 heterocycles. The molecule has 0 spiro atoms. The van der Waals surface area contributed by atoms with Crippen LogP contribution in [0.1, 0.15) is 40.0 Å². The number of nitrogens with one attached hydrogen (secondary N) is 2. The van der Waals surface area contributed by atoms with Gasteiger partial charge in [0, 0.05) is 45.5 Å². The molecule has 0 radical (unpaired) electrons. The van der Waals surface area contributed by atoms with Gasteiger partial charge in [-0.1, -0.05) is 13.8 Å². The van der Waals surface area contributed by atoms with E-state index in [2.05, 4.69) is 55.4 Å². The molecule has 0 saturated carbocycles. The maximum atomic E-state index is 5.80. The van der Waals surface area contributed by atoms with Crippen molar-refractivity contribution in [1.29, 1.82) is 0 Å². The second-order valence-electron chi connectivity index (χ2n) is 7.11. The van der Waals surface area contributed by atoms with Crippen molar-refractivity contribution >= 4 is 5.96 Å². The maximum absolute atomic E-state index is 5.80. The summed E-state index contributed by atoms with van der Waals surface area (Å²) in [7, 11) is 6.13. The van der Waals surface area contributed by atoms with Gasteiger partial charge >= 0.3 is 0 Å². The molecule has 0 bridgehead atoms. The molecule has 1 aliphatic rings. The third kappa shape index (κ3) is 6.57. The summed E-state index contributed by atoms with van der Waals surface area (Å²) in [6, 6.07) is 0. The lowest BCUT2D eigenvalue weighted by molar-refractivity contribution is -0.00504. The lowest BCUT2D eigenvalue weighted by Crippen LogP contribution is -2.57. The van der Waals surface area contributed by atoms with Crippen LogP contribution in [0.2, 0.25) is 0 Å². The fourth-order valence-electron chi connectivity index (χ4n) is 3.16. The van der Waals surface area contributed by atoms with Crippen LogP contribution < -0.4 is 10.6 Å². The van der Waals surface area contributed by atoms with Gasteiger partial charge in [0.05, 0.1) is 6.10 Å². The Balaban J connectivity index is 2.44. The first-order valence-electron chi connectivity index (χ1n) is 9.26. The Morgan fingerprint density at radius 1 is 1.25 bits per heavy atom. The lowest BCUT2D eigenvalue weighted by atomic mass is 9.88. The molecule has 0 aliphatic carbocycles. The van der Waals surface area contributed by atoms with Crippen LogP contribution in [0.25, 0.3) is 0 Å². The molecule has 2 N–H and O–H groups in total. The van der Waals surface area contributed by atoms with Crippen LogP contribution in [-0.4, -0.2) is 76.6 Å². The van der Waals surface area contributed by atoms with Gasteiger partial charge in [0.2, 0.25) is 0 Å². The predicted molar refractivity (Wildman–Crippen MR) is 101 cm³/mol. The SMILES string of the molecule is CCOC(CCNC(=NC)NCC1(N(C)C)CCOCC1)C(C)C. The molecule has 0 aromatic rings. The van der Waals surface area contributed by atoms with Crippen LogP contribution in [0.3, 0.4) is 0 Å². The molecule has 1 atom stereocenters. The van der Waals surface area contributed by atoms with E-state index in [1.807, 2.05) is 7.05 Å². The highest BCUT2D eigenvalue weighted by atomic mass is 16.5. The van der Waals surface area contributed by atoms with E-state index in [1.54, 1.807) is 0 Å². The van der Waals surface area contributed by atoms with Crippen LogP contribution in [-0.2, 0) is 9.47 Å². The second-order valence-corrected chi connectivity index (χ2v) is 7.11. The highest BCUT2D eigenvalue weighted by Crippen LogP contribution is 2.24. The molecule has 0 amide bonds. The maximum Gasteiger partial charge on any atom is 0.191 e. The number of guanidine groups is 1. The van der Waals surface area contributed by atoms with Gasteiger partial charge in [-0.3, -0.25) is 4.99 Å². The number of rotatable bonds is 9. The van der Waals surface area contributed by atoms with Crippen LogP contribution >= 0.6 is 0 Å². The summed E-state index contributed by atoms with van der Waals surface area (Å²) in [5.41, 5.74) is 0.141. The molecular weight excluding hydrogens is 304 g/mol. The van der Waals surface area contributed by atoms with E-state index in [0.29, 0.717) is 12.0 Å². The van der Waals surface area contributed by atoms with E-state index < -0.39 is 0 Å². The minimum atomic E-state index is 0.141. The van der Waals surface area contributed by atoms with Gasteiger partial charge < -0.3 is 25.0 Å². The lowest BCUT2D eigenvalue weighted by Gasteiger charge is -2.43. The van der Waals surface area contributed by atoms with Crippen LogP contribution in [0.5, 0.6) is 0 Å². The average Bonchev–Trinajstić information content (AvgIpc) is 2.57. The van der Waals surface area contributed by atoms with Crippen molar-refractivity contribution in [2.24, 2.45) is 10.9 Å². The number of hydrogen-bond acceptors (Lipinski definition) is 4. The van der Waals surface area contributed by atoms with Crippen molar-refractivity contribution in [3.63, 3.8) is 0 Å². The monoisotopic (exact) mass is 342 g/mol. The van der Waals surface area contributed by atoms with Gasteiger partial charge in [-0.2, -0.15) is 0 Å². The fraction of sp³-hybridized carbons (Fsp3) is 0.944. The number of ether oxygens (including phenoxy) is 2. The Kier molecular flexibility index (Phi) is 9.63. The van der Waals surface area contributed by atoms with Gasteiger partial charge in [-0.05, 0) is 46.2 Å². The number of aliphatic imine (C=N–C) groups is 1. The first-order valence-corrected chi connectivity index (χ1v) is 9.26. The van der Waals surface area contributed by atoms with E-state index in [0.717, 1.165) is 58.1 Å². The van der Waals surface area contributed by atoms with E-state index in [4.69, 9.17) is 9.47 Å². The van der Waals surface area contributed by atoms with Crippen molar-refractivity contribution in [3.05, 3.63) is 0 Å². The molecule has 1 rings (SSSR count). The first kappa shape index (κ1) is 21.2. The van der Waals surface area contributed by atoms with Crippen LogP contribution in [0, 0.1) is 5.92 Å². The van der Waals surface area contributed by atoms with E-state index in [1.165, 1.54) is 0 Å². The highest BCUT2D eigenvalue weighted by molar-refractivity contribution is 5.79. The largest absolute Gasteiger partial charge is 0.381 e. The van der Waals surface area contributed by atoms with Crippen molar-refractivity contribution in [2.45, 2.75) is 51.7 Å². The topological polar surface area (TPSA) is 58.1 Å². The summed E-state index contributed by atoms with van der Waals surface area (Å²) in [5.74, 6) is 1.39. The number of likely N-dealkylation sites (N-methyl/N-ethyl adjacent to an activating group) is 1. The zero-order valence-electron chi connectivity index (χ0n) is 16.5. The van der Waals surface area contributed by atoms with Crippen molar-refractivity contribution in [1.82, 2.24) is 15.5 Å². The summed E-state index contributed by atoms with van der Waals surface area (Å²) in [4.78, 5) is 6.67. The van der Waals surface area contributed by atoms with Gasteiger partial charge in [-0.15, -0.1) is 0 Å². The third-order valence-electron chi connectivity index (χ3n) is 5.03. The summed E-state index contributed by atoms with van der Waals surface area (Å²) in [6.07, 6.45) is 3.37. The quantitative estimate of drug-likeness (QED) is 0.493. The van der Waals surface area contributed by atoms with Crippen molar-refractivity contribution in [3.8, 4) is 0 Å². The molecular formula is C18H38N4O2. The molecule has 24 heavy (non-hydrogen) atoms. The molecule has 1 fully saturated rings. The summed E-state index contributed by atoms with van der Waals surface area (Å²) < 4.78 is 11.3. The Morgan fingerprint density at radius 3 is 2.42 bits per heavy atom. The van der Waals surface area contributed by atoms with Gasteiger partial charge in [0.25, 0.3) is 0 Å². The molecule has 0 aromatic carbocycles. The summed E-state index contributed by atoms with van der Waals surface area (Å²) in [6.45, 7) is 10.6. The number of nitrogens with zero attached hydrogens (tertiary/aromatic N) is 2. The normalized spacial score (nSPS) is 19.6. The van der Waals surface area contributed by atoms with Gasteiger partial charge in [0.1, 0.15) is 0 Å². The average molecular weight is 343 g/mol. The zero-order chi connectivity index (χ0) is 18.0. The molecule has 6 nitrogen and oxygen atoms in total. The second kappa shape index (κ2) is 10.9. The van der Waals surface area contributed by atoms with Crippen molar-refractivity contribution in [2.75, 3.05) is 54.1 Å². The number of hydrogen-bond donors (Lipinski definition) is 2. The summed E-state index contributed by atoms with van der Waals surface area (Å²) >= 11 is 0. The Bertz CT molecular complexity index is 366.